The Bertz CT molecular complexity index is 1330. The fourth-order valence-corrected chi connectivity index (χ4v) is 4.52. The molecular formula is C32H31ClN2O3. The van der Waals surface area contributed by atoms with Crippen LogP contribution < -0.4 is 10.1 Å². The molecule has 0 saturated heterocycles. The molecule has 0 radical (unpaired) electrons. The van der Waals surface area contributed by atoms with E-state index in [1.54, 1.807) is 18.1 Å². The summed E-state index contributed by atoms with van der Waals surface area (Å²) in [4.78, 5) is 29.2. The standard InChI is InChI=1S/C32H31ClN2O3/c1-38-28-19-16-25(17-20-28)23-35(30(36)21-18-24-10-4-2-5-11-24)31(26-12-6-3-7-13-26)32(37)34-22-27-14-8-9-15-29(27)33/h2-17,19-20,31H,18,21-23H2,1H3,(H,34,37)/t31-/m1/s1. The largest absolute Gasteiger partial charge is 0.497 e. The molecule has 0 saturated carbocycles. The number of methoxy groups -OCH3 is 1. The summed E-state index contributed by atoms with van der Waals surface area (Å²) in [5, 5.41) is 3.60. The molecular weight excluding hydrogens is 496 g/mol. The van der Waals surface area contributed by atoms with E-state index in [0.717, 1.165) is 28.0 Å². The number of benzene rings is 4. The van der Waals surface area contributed by atoms with E-state index in [9.17, 15) is 9.59 Å². The average molecular weight is 527 g/mol. The number of carbonyl (C=O) groups is 2. The van der Waals surface area contributed by atoms with Gasteiger partial charge in [0.15, 0.2) is 0 Å². The van der Waals surface area contributed by atoms with Gasteiger partial charge < -0.3 is 15.0 Å². The Kier molecular flexibility index (Phi) is 9.54. The molecule has 0 heterocycles. The van der Waals surface area contributed by atoms with Crippen LogP contribution in [-0.2, 0) is 29.1 Å². The summed E-state index contributed by atoms with van der Waals surface area (Å²) in [5.41, 5.74) is 3.53. The summed E-state index contributed by atoms with van der Waals surface area (Å²) in [6.07, 6.45) is 0.864. The van der Waals surface area contributed by atoms with E-state index < -0.39 is 6.04 Å². The van der Waals surface area contributed by atoms with Crippen LogP contribution in [-0.4, -0.2) is 23.8 Å². The number of ether oxygens (including phenoxy) is 1. The number of amides is 2. The van der Waals surface area contributed by atoms with Crippen LogP contribution in [0.25, 0.3) is 0 Å². The summed E-state index contributed by atoms with van der Waals surface area (Å²) in [6.45, 7) is 0.535. The highest BCUT2D eigenvalue weighted by molar-refractivity contribution is 6.31. The van der Waals surface area contributed by atoms with Crippen molar-refractivity contribution in [2.75, 3.05) is 7.11 Å². The van der Waals surface area contributed by atoms with Crippen LogP contribution in [0, 0.1) is 0 Å². The number of carbonyl (C=O) groups excluding carboxylic acids is 2. The SMILES string of the molecule is COc1ccc(CN(C(=O)CCc2ccccc2)[C@@H](C(=O)NCc2ccccc2Cl)c2ccccc2)cc1. The van der Waals surface area contributed by atoms with Gasteiger partial charge in [-0.05, 0) is 46.9 Å². The van der Waals surface area contributed by atoms with Gasteiger partial charge in [0, 0.05) is 24.5 Å². The second-order valence-corrected chi connectivity index (χ2v) is 9.38. The molecule has 0 bridgehead atoms. The molecule has 0 spiro atoms. The van der Waals surface area contributed by atoms with Crippen molar-refractivity contribution >= 4 is 23.4 Å². The zero-order valence-corrected chi connectivity index (χ0v) is 22.1. The normalized spacial score (nSPS) is 11.4. The van der Waals surface area contributed by atoms with Crippen molar-refractivity contribution in [3.05, 3.63) is 136 Å². The predicted molar refractivity (Wildman–Crippen MR) is 151 cm³/mol. The number of nitrogens with one attached hydrogen (secondary N) is 1. The number of hydrogen-bond acceptors (Lipinski definition) is 3. The molecule has 0 aliphatic heterocycles. The van der Waals surface area contributed by atoms with Crippen molar-refractivity contribution in [3.8, 4) is 5.75 Å². The van der Waals surface area contributed by atoms with Crippen LogP contribution in [0.3, 0.4) is 0 Å². The minimum Gasteiger partial charge on any atom is -0.497 e. The van der Waals surface area contributed by atoms with E-state index in [1.807, 2.05) is 103 Å². The highest BCUT2D eigenvalue weighted by atomic mass is 35.5. The van der Waals surface area contributed by atoms with Crippen LogP contribution in [0.4, 0.5) is 0 Å². The zero-order chi connectivity index (χ0) is 26.7. The molecule has 5 nitrogen and oxygen atoms in total. The third-order valence-electron chi connectivity index (χ3n) is 6.39. The molecule has 0 fully saturated rings. The Balaban J connectivity index is 1.64. The van der Waals surface area contributed by atoms with Crippen molar-refractivity contribution in [1.29, 1.82) is 0 Å². The van der Waals surface area contributed by atoms with Gasteiger partial charge in [-0.1, -0.05) is 103 Å². The van der Waals surface area contributed by atoms with Gasteiger partial charge in [-0.15, -0.1) is 0 Å². The number of rotatable bonds is 11. The molecule has 4 rings (SSSR count). The maximum Gasteiger partial charge on any atom is 0.247 e. The van der Waals surface area contributed by atoms with Gasteiger partial charge in [0.2, 0.25) is 11.8 Å². The lowest BCUT2D eigenvalue weighted by Gasteiger charge is -2.32. The summed E-state index contributed by atoms with van der Waals surface area (Å²) in [6, 6.07) is 33.4. The number of nitrogens with zero attached hydrogens (tertiary/aromatic N) is 1. The summed E-state index contributed by atoms with van der Waals surface area (Å²) in [5.74, 6) is 0.358. The Labute approximate surface area is 229 Å². The first-order valence-corrected chi connectivity index (χ1v) is 13.0. The van der Waals surface area contributed by atoms with Crippen molar-refractivity contribution in [1.82, 2.24) is 10.2 Å². The molecule has 0 aliphatic carbocycles. The van der Waals surface area contributed by atoms with Crippen molar-refractivity contribution in [2.24, 2.45) is 0 Å². The first-order chi connectivity index (χ1) is 18.5. The third-order valence-corrected chi connectivity index (χ3v) is 6.76. The summed E-state index contributed by atoms with van der Waals surface area (Å²) < 4.78 is 5.29. The number of aryl methyl sites for hydroxylation is 1. The van der Waals surface area contributed by atoms with Crippen molar-refractivity contribution in [3.63, 3.8) is 0 Å². The average Bonchev–Trinajstić information content (AvgIpc) is 2.96. The Morgan fingerprint density at radius 2 is 1.45 bits per heavy atom. The van der Waals surface area contributed by atoms with E-state index >= 15 is 0 Å². The van der Waals surface area contributed by atoms with Gasteiger partial charge in [-0.25, -0.2) is 0 Å². The maximum atomic E-state index is 13.8. The van der Waals surface area contributed by atoms with Crippen molar-refractivity contribution in [2.45, 2.75) is 32.0 Å². The van der Waals surface area contributed by atoms with E-state index in [0.29, 0.717) is 11.4 Å². The minimum atomic E-state index is -0.816. The highest BCUT2D eigenvalue weighted by Crippen LogP contribution is 2.26. The predicted octanol–water partition coefficient (Wildman–Crippen LogP) is 6.37. The second kappa shape index (κ2) is 13.5. The monoisotopic (exact) mass is 526 g/mol. The lowest BCUT2D eigenvalue weighted by Crippen LogP contribution is -2.43. The quantitative estimate of drug-likeness (QED) is 0.247. The van der Waals surface area contributed by atoms with Crippen molar-refractivity contribution < 1.29 is 14.3 Å². The Morgan fingerprint density at radius 3 is 2.11 bits per heavy atom. The van der Waals surface area contributed by atoms with Crippen LogP contribution in [0.5, 0.6) is 5.75 Å². The van der Waals surface area contributed by atoms with E-state index in [2.05, 4.69) is 5.32 Å². The molecule has 0 aliphatic rings. The molecule has 0 aromatic heterocycles. The van der Waals surface area contributed by atoms with Gasteiger partial charge in [0.05, 0.1) is 7.11 Å². The van der Waals surface area contributed by atoms with Gasteiger partial charge >= 0.3 is 0 Å². The molecule has 4 aromatic rings. The van der Waals surface area contributed by atoms with Gasteiger partial charge in [0.25, 0.3) is 0 Å². The van der Waals surface area contributed by atoms with E-state index in [-0.39, 0.29) is 31.3 Å². The fourth-order valence-electron chi connectivity index (χ4n) is 4.32. The number of halogens is 1. The highest BCUT2D eigenvalue weighted by Gasteiger charge is 2.31. The van der Waals surface area contributed by atoms with Crippen LogP contribution in [0.1, 0.15) is 34.7 Å². The van der Waals surface area contributed by atoms with Gasteiger partial charge in [0.1, 0.15) is 11.8 Å². The molecule has 6 heteroatoms. The first-order valence-electron chi connectivity index (χ1n) is 12.6. The Hall–Kier alpha value is -4.09. The summed E-state index contributed by atoms with van der Waals surface area (Å²) >= 11 is 6.32. The molecule has 0 unspecified atom stereocenters. The molecule has 4 aromatic carbocycles. The van der Waals surface area contributed by atoms with Gasteiger partial charge in [-0.2, -0.15) is 0 Å². The first kappa shape index (κ1) is 27.0. The van der Waals surface area contributed by atoms with E-state index in [4.69, 9.17) is 16.3 Å². The molecule has 2 amide bonds. The lowest BCUT2D eigenvalue weighted by atomic mass is 10.0. The van der Waals surface area contributed by atoms with E-state index in [1.165, 1.54) is 0 Å². The number of hydrogen-bond donors (Lipinski definition) is 1. The molecule has 38 heavy (non-hydrogen) atoms. The third kappa shape index (κ3) is 7.24. The smallest absolute Gasteiger partial charge is 0.247 e. The topological polar surface area (TPSA) is 58.6 Å². The van der Waals surface area contributed by atoms with Crippen LogP contribution >= 0.6 is 11.6 Å². The zero-order valence-electron chi connectivity index (χ0n) is 21.3. The maximum absolute atomic E-state index is 13.8. The fraction of sp³-hybridized carbons (Fsp3) is 0.188. The molecule has 1 N–H and O–H groups in total. The minimum absolute atomic E-state index is 0.105. The molecule has 194 valence electrons. The summed E-state index contributed by atoms with van der Waals surface area (Å²) in [7, 11) is 1.61. The lowest BCUT2D eigenvalue weighted by molar-refractivity contribution is -0.141. The second-order valence-electron chi connectivity index (χ2n) is 8.98. The molecule has 1 atom stereocenters. The Morgan fingerprint density at radius 1 is 0.816 bits per heavy atom. The van der Waals surface area contributed by atoms with Gasteiger partial charge in [-0.3, -0.25) is 9.59 Å². The van der Waals surface area contributed by atoms with Crippen LogP contribution in [0.2, 0.25) is 5.02 Å². The van der Waals surface area contributed by atoms with Crippen LogP contribution in [0.15, 0.2) is 109 Å².